The van der Waals surface area contributed by atoms with E-state index in [1.165, 1.54) is 12.1 Å². The molecule has 8 nitrogen and oxygen atoms in total. The van der Waals surface area contributed by atoms with Crippen LogP contribution in [0.4, 0.5) is 11.5 Å². The van der Waals surface area contributed by atoms with Gasteiger partial charge in [0.25, 0.3) is 5.69 Å². The normalized spacial score (nSPS) is 10.6. The van der Waals surface area contributed by atoms with E-state index in [-0.39, 0.29) is 12.3 Å². The summed E-state index contributed by atoms with van der Waals surface area (Å²) in [7, 11) is 0. The van der Waals surface area contributed by atoms with E-state index >= 15 is 0 Å². The maximum Gasteiger partial charge on any atom is 0.270 e. The van der Waals surface area contributed by atoms with Crippen molar-refractivity contribution in [3.63, 3.8) is 0 Å². The fraction of sp³-hybridized carbons (Fsp3) is 0.250. The maximum absolute atomic E-state index is 11.1. The van der Waals surface area contributed by atoms with Crippen molar-refractivity contribution in [1.29, 1.82) is 0 Å². The fourth-order valence-electron chi connectivity index (χ4n) is 2.85. The lowest BCUT2D eigenvalue weighted by atomic mass is 10.2. The Hall–Kier alpha value is -3.39. The van der Waals surface area contributed by atoms with Crippen LogP contribution in [0.1, 0.15) is 17.7 Å². The Balaban J connectivity index is 1.97. The molecule has 2 heterocycles. The minimum absolute atomic E-state index is 0.00310. The van der Waals surface area contributed by atoms with Crippen LogP contribution in [0.5, 0.6) is 0 Å². The van der Waals surface area contributed by atoms with Crippen molar-refractivity contribution in [2.75, 3.05) is 18.1 Å². The topological polar surface area (TPSA) is 105 Å². The number of pyridine rings is 1. The lowest BCUT2D eigenvalue weighted by Crippen LogP contribution is -2.26. The Bertz CT molecular complexity index is 950. The van der Waals surface area contributed by atoms with E-state index in [0.717, 1.165) is 11.3 Å². The number of nitro groups is 1. The first-order chi connectivity index (χ1) is 13.6. The lowest BCUT2D eigenvalue weighted by molar-refractivity contribution is -0.384. The largest absolute Gasteiger partial charge is 0.396 e. The molecule has 0 aliphatic rings. The van der Waals surface area contributed by atoms with Crippen LogP contribution in [0, 0.1) is 17.0 Å². The highest BCUT2D eigenvalue weighted by molar-refractivity contribution is 5.61. The number of hydrogen-bond acceptors (Lipinski definition) is 7. The van der Waals surface area contributed by atoms with Crippen LogP contribution < -0.4 is 4.90 Å². The number of nitrogens with zero attached hydrogens (tertiary/aromatic N) is 5. The summed E-state index contributed by atoms with van der Waals surface area (Å²) in [5, 5.41) is 20.3. The highest BCUT2D eigenvalue weighted by Crippen LogP contribution is 2.24. The number of aliphatic hydroxyl groups excluding tert-OH is 1. The van der Waals surface area contributed by atoms with Gasteiger partial charge in [0.05, 0.1) is 4.92 Å². The second kappa shape index (κ2) is 9.01. The van der Waals surface area contributed by atoms with Gasteiger partial charge in [0.15, 0.2) is 5.82 Å². The number of anilines is 1. The van der Waals surface area contributed by atoms with E-state index in [4.69, 9.17) is 0 Å². The maximum atomic E-state index is 11.1. The molecule has 3 aromatic rings. The summed E-state index contributed by atoms with van der Waals surface area (Å²) in [4.78, 5) is 25.9. The predicted molar refractivity (Wildman–Crippen MR) is 106 cm³/mol. The first-order valence-electron chi connectivity index (χ1n) is 8.92. The molecule has 0 saturated carbocycles. The van der Waals surface area contributed by atoms with Gasteiger partial charge in [-0.25, -0.2) is 9.97 Å². The molecule has 144 valence electrons. The van der Waals surface area contributed by atoms with Crippen LogP contribution in [0.25, 0.3) is 11.4 Å². The van der Waals surface area contributed by atoms with E-state index < -0.39 is 4.92 Å². The van der Waals surface area contributed by atoms with Gasteiger partial charge in [0.1, 0.15) is 5.82 Å². The van der Waals surface area contributed by atoms with Crippen LogP contribution in [-0.2, 0) is 6.54 Å². The highest BCUT2D eigenvalue weighted by Gasteiger charge is 2.14. The molecule has 0 aliphatic heterocycles. The Labute approximate surface area is 162 Å². The SMILES string of the molecule is Cc1cc(N(CCCO)Cc2cccnc2)nc(-c2cccc([N+](=O)[O-])c2)n1. The Kier molecular flexibility index (Phi) is 6.23. The van der Waals surface area contributed by atoms with Gasteiger partial charge in [-0.15, -0.1) is 0 Å². The van der Waals surface area contributed by atoms with Crippen molar-refractivity contribution in [1.82, 2.24) is 15.0 Å². The quantitative estimate of drug-likeness (QED) is 0.473. The molecular weight excluding hydrogens is 358 g/mol. The zero-order chi connectivity index (χ0) is 19.9. The molecule has 0 saturated heterocycles. The number of aromatic nitrogens is 3. The van der Waals surface area contributed by atoms with Gasteiger partial charge in [-0.05, 0) is 25.0 Å². The van der Waals surface area contributed by atoms with Gasteiger partial charge in [-0.2, -0.15) is 0 Å². The van der Waals surface area contributed by atoms with Crippen molar-refractivity contribution in [2.45, 2.75) is 19.9 Å². The molecule has 0 fully saturated rings. The predicted octanol–water partition coefficient (Wildman–Crippen LogP) is 3.14. The average molecular weight is 379 g/mol. The third-order valence-corrected chi connectivity index (χ3v) is 4.16. The van der Waals surface area contributed by atoms with Crippen molar-refractivity contribution in [2.24, 2.45) is 0 Å². The first kappa shape index (κ1) is 19.4. The van der Waals surface area contributed by atoms with E-state index in [1.807, 2.05) is 30.0 Å². The molecule has 0 aliphatic carbocycles. The summed E-state index contributed by atoms with van der Waals surface area (Å²) >= 11 is 0. The standard InChI is InChI=1S/C20H21N5O3/c1-15-11-19(24(9-4-10-26)14-16-5-3-8-21-13-16)23-20(22-15)17-6-2-7-18(12-17)25(27)28/h2-3,5-8,11-13,26H,4,9-10,14H2,1H3. The Morgan fingerprint density at radius 2 is 2.04 bits per heavy atom. The highest BCUT2D eigenvalue weighted by atomic mass is 16.6. The van der Waals surface area contributed by atoms with Gasteiger partial charge in [0, 0.05) is 61.5 Å². The van der Waals surface area contributed by atoms with Crippen molar-refractivity contribution in [3.05, 3.63) is 76.2 Å². The number of rotatable bonds is 8. The second-order valence-corrected chi connectivity index (χ2v) is 6.36. The van der Waals surface area contributed by atoms with E-state index in [2.05, 4.69) is 15.0 Å². The van der Waals surface area contributed by atoms with Crippen LogP contribution in [0.2, 0.25) is 0 Å². The lowest BCUT2D eigenvalue weighted by Gasteiger charge is -2.24. The molecule has 0 spiro atoms. The van der Waals surface area contributed by atoms with E-state index in [0.29, 0.717) is 36.7 Å². The minimum atomic E-state index is -0.434. The molecule has 8 heteroatoms. The smallest absolute Gasteiger partial charge is 0.270 e. The molecule has 1 N–H and O–H groups in total. The van der Waals surface area contributed by atoms with Gasteiger partial charge in [-0.1, -0.05) is 18.2 Å². The number of hydrogen-bond donors (Lipinski definition) is 1. The number of nitro benzene ring substituents is 1. The number of benzene rings is 1. The molecule has 2 aromatic heterocycles. The summed E-state index contributed by atoms with van der Waals surface area (Å²) in [6.07, 6.45) is 4.10. The number of non-ortho nitro benzene ring substituents is 1. The molecule has 3 rings (SSSR count). The van der Waals surface area contributed by atoms with Crippen LogP contribution in [0.3, 0.4) is 0 Å². The van der Waals surface area contributed by atoms with Crippen LogP contribution in [0.15, 0.2) is 54.9 Å². The van der Waals surface area contributed by atoms with Crippen LogP contribution in [-0.4, -0.2) is 38.1 Å². The number of aryl methyl sites for hydroxylation is 1. The summed E-state index contributed by atoms with van der Waals surface area (Å²) < 4.78 is 0. The zero-order valence-corrected chi connectivity index (χ0v) is 15.5. The number of aliphatic hydroxyl groups is 1. The fourth-order valence-corrected chi connectivity index (χ4v) is 2.85. The van der Waals surface area contributed by atoms with Gasteiger partial charge in [-0.3, -0.25) is 15.1 Å². The summed E-state index contributed by atoms with van der Waals surface area (Å²) in [5.41, 5.74) is 2.36. The zero-order valence-electron chi connectivity index (χ0n) is 15.5. The molecule has 0 radical (unpaired) electrons. The molecule has 1 aromatic carbocycles. The molecule has 0 atom stereocenters. The molecular formula is C20H21N5O3. The Morgan fingerprint density at radius 1 is 1.18 bits per heavy atom. The van der Waals surface area contributed by atoms with Gasteiger partial charge in [0.2, 0.25) is 0 Å². The molecule has 0 amide bonds. The third-order valence-electron chi connectivity index (χ3n) is 4.16. The molecule has 0 unspecified atom stereocenters. The monoisotopic (exact) mass is 379 g/mol. The molecule has 28 heavy (non-hydrogen) atoms. The summed E-state index contributed by atoms with van der Waals surface area (Å²) in [6.45, 7) is 3.13. The summed E-state index contributed by atoms with van der Waals surface area (Å²) in [6, 6.07) is 12.0. The van der Waals surface area contributed by atoms with E-state index in [9.17, 15) is 15.2 Å². The minimum Gasteiger partial charge on any atom is -0.396 e. The van der Waals surface area contributed by atoms with Crippen molar-refractivity contribution in [3.8, 4) is 11.4 Å². The van der Waals surface area contributed by atoms with Crippen molar-refractivity contribution < 1.29 is 10.0 Å². The second-order valence-electron chi connectivity index (χ2n) is 6.36. The third kappa shape index (κ3) is 4.86. The van der Waals surface area contributed by atoms with Crippen LogP contribution >= 0.6 is 0 Å². The summed E-state index contributed by atoms with van der Waals surface area (Å²) in [5.74, 6) is 1.13. The first-order valence-corrected chi connectivity index (χ1v) is 8.92. The average Bonchev–Trinajstić information content (AvgIpc) is 2.71. The van der Waals surface area contributed by atoms with Gasteiger partial charge < -0.3 is 10.0 Å². The van der Waals surface area contributed by atoms with Gasteiger partial charge >= 0.3 is 0 Å². The van der Waals surface area contributed by atoms with Crippen molar-refractivity contribution >= 4 is 11.5 Å². The van der Waals surface area contributed by atoms with E-state index in [1.54, 1.807) is 24.5 Å². The Morgan fingerprint density at radius 3 is 2.75 bits per heavy atom. The molecule has 0 bridgehead atoms.